The van der Waals surface area contributed by atoms with Crippen LogP contribution in [0.5, 0.6) is 5.75 Å². The zero-order valence-corrected chi connectivity index (χ0v) is 10.9. The molecule has 0 fully saturated rings. The fourth-order valence-electron chi connectivity index (χ4n) is 1.60. The van der Waals surface area contributed by atoms with Gasteiger partial charge in [-0.05, 0) is 12.1 Å². The summed E-state index contributed by atoms with van der Waals surface area (Å²) in [4.78, 5) is 4.30. The largest absolute Gasteiger partial charge is 0.496 e. The topological polar surface area (TPSA) is 27.1 Å². The lowest BCUT2D eigenvalue weighted by molar-refractivity contribution is 0.410. The van der Waals surface area contributed by atoms with Crippen LogP contribution in [0.15, 0.2) is 35.1 Å². The van der Waals surface area contributed by atoms with Crippen LogP contribution < -0.4 is 4.74 Å². The van der Waals surface area contributed by atoms with E-state index in [4.69, 9.17) is 4.74 Å². The van der Waals surface area contributed by atoms with Crippen molar-refractivity contribution < 1.29 is 4.74 Å². The molecule has 0 aliphatic carbocycles. The van der Waals surface area contributed by atoms with E-state index in [2.05, 4.69) is 27.0 Å². The minimum Gasteiger partial charge on any atom is -0.496 e. The van der Waals surface area contributed by atoms with E-state index in [0.29, 0.717) is 0 Å². The Morgan fingerprint density at radius 2 is 2.25 bits per heavy atom. The summed E-state index contributed by atoms with van der Waals surface area (Å²) in [6.45, 7) is 0. The molecule has 0 radical (unpaired) electrons. The molecule has 2 rings (SSSR count). The Kier molecular flexibility index (Phi) is 3.29. The van der Waals surface area contributed by atoms with Crippen LogP contribution in [0.25, 0.3) is 0 Å². The number of ether oxygens (including phenoxy) is 1. The Morgan fingerprint density at radius 3 is 2.88 bits per heavy atom. The zero-order valence-electron chi connectivity index (χ0n) is 9.27. The van der Waals surface area contributed by atoms with Gasteiger partial charge in [-0.2, -0.15) is 0 Å². The summed E-state index contributed by atoms with van der Waals surface area (Å²) in [5.41, 5.74) is 1.14. The number of rotatable bonds is 3. The molecule has 0 saturated carbocycles. The maximum absolute atomic E-state index is 5.35. The molecule has 0 atom stereocenters. The highest BCUT2D eigenvalue weighted by molar-refractivity contribution is 9.10. The van der Waals surface area contributed by atoms with E-state index in [0.717, 1.165) is 28.0 Å². The predicted molar refractivity (Wildman–Crippen MR) is 66.7 cm³/mol. The molecule has 0 N–H and O–H groups in total. The van der Waals surface area contributed by atoms with E-state index in [9.17, 15) is 0 Å². The fourth-order valence-corrected chi connectivity index (χ4v) is 1.94. The third-order valence-corrected chi connectivity index (χ3v) is 3.01. The zero-order chi connectivity index (χ0) is 11.5. The molecule has 2 aromatic rings. The number of halogens is 1. The summed E-state index contributed by atoms with van der Waals surface area (Å²) in [5, 5.41) is 0. The highest BCUT2D eigenvalue weighted by Gasteiger charge is 2.07. The van der Waals surface area contributed by atoms with E-state index in [1.165, 1.54) is 0 Å². The molecule has 0 aliphatic heterocycles. The molecule has 1 heterocycles. The second-order valence-corrected chi connectivity index (χ2v) is 4.50. The molecule has 0 saturated heterocycles. The first-order valence-corrected chi connectivity index (χ1v) is 5.78. The Balaban J connectivity index is 2.31. The van der Waals surface area contributed by atoms with Gasteiger partial charge in [-0.15, -0.1) is 0 Å². The van der Waals surface area contributed by atoms with Crippen LogP contribution >= 0.6 is 15.9 Å². The summed E-state index contributed by atoms with van der Waals surface area (Å²) < 4.78 is 8.38. The van der Waals surface area contributed by atoms with Crippen LogP contribution in [0.4, 0.5) is 0 Å². The van der Waals surface area contributed by atoms with Crippen LogP contribution in [0.2, 0.25) is 0 Å². The number of hydrogen-bond acceptors (Lipinski definition) is 2. The van der Waals surface area contributed by atoms with Crippen LogP contribution in [0.3, 0.4) is 0 Å². The number of methoxy groups -OCH3 is 1. The monoisotopic (exact) mass is 280 g/mol. The van der Waals surface area contributed by atoms with Crippen LogP contribution in [0.1, 0.15) is 11.4 Å². The summed E-state index contributed by atoms with van der Waals surface area (Å²) in [5.74, 6) is 1.91. The van der Waals surface area contributed by atoms with Crippen molar-refractivity contribution in [1.29, 1.82) is 0 Å². The first-order valence-electron chi connectivity index (χ1n) is 4.99. The summed E-state index contributed by atoms with van der Waals surface area (Å²) in [6.07, 6.45) is 4.53. The number of hydrogen-bond donors (Lipinski definition) is 0. The van der Waals surface area contributed by atoms with Crippen molar-refractivity contribution >= 4 is 15.9 Å². The van der Waals surface area contributed by atoms with E-state index in [1.807, 2.05) is 29.9 Å². The third-order valence-electron chi connectivity index (χ3n) is 2.52. The molecule has 0 bridgehead atoms. The lowest BCUT2D eigenvalue weighted by Gasteiger charge is -2.08. The highest BCUT2D eigenvalue weighted by Crippen LogP contribution is 2.25. The number of aromatic nitrogens is 2. The first-order chi connectivity index (χ1) is 7.70. The lowest BCUT2D eigenvalue weighted by atomic mass is 10.1. The van der Waals surface area contributed by atoms with E-state index < -0.39 is 0 Å². The summed E-state index contributed by atoms with van der Waals surface area (Å²) in [6, 6.07) is 6.04. The van der Waals surface area contributed by atoms with E-state index >= 15 is 0 Å². The first kappa shape index (κ1) is 11.2. The number of imidazole rings is 1. The summed E-state index contributed by atoms with van der Waals surface area (Å²) >= 11 is 3.43. The van der Waals surface area contributed by atoms with Crippen LogP contribution in [0, 0.1) is 0 Å². The summed E-state index contributed by atoms with van der Waals surface area (Å²) in [7, 11) is 3.68. The van der Waals surface area contributed by atoms with Gasteiger partial charge in [-0.3, -0.25) is 0 Å². The molecule has 0 spiro atoms. The molecule has 4 heteroatoms. The van der Waals surface area contributed by atoms with Crippen molar-refractivity contribution in [1.82, 2.24) is 9.55 Å². The molecule has 3 nitrogen and oxygen atoms in total. The normalized spacial score (nSPS) is 10.4. The SMILES string of the molecule is COc1cc(Br)ccc1Cc1nccn1C. The average molecular weight is 281 g/mol. The number of aryl methyl sites for hydroxylation is 1. The average Bonchev–Trinajstić information content (AvgIpc) is 2.67. The number of benzene rings is 1. The van der Waals surface area contributed by atoms with E-state index in [-0.39, 0.29) is 0 Å². The van der Waals surface area contributed by atoms with Crippen LogP contribution in [-0.4, -0.2) is 16.7 Å². The quantitative estimate of drug-likeness (QED) is 0.865. The van der Waals surface area contributed by atoms with Crippen molar-refractivity contribution in [3.05, 3.63) is 46.5 Å². The molecule has 16 heavy (non-hydrogen) atoms. The van der Waals surface area contributed by atoms with Gasteiger partial charge >= 0.3 is 0 Å². The molecule has 0 amide bonds. The Morgan fingerprint density at radius 1 is 1.44 bits per heavy atom. The van der Waals surface area contributed by atoms with Gasteiger partial charge in [-0.1, -0.05) is 22.0 Å². The van der Waals surface area contributed by atoms with Gasteiger partial charge in [0.1, 0.15) is 11.6 Å². The van der Waals surface area contributed by atoms with Crippen molar-refractivity contribution in [3.8, 4) is 5.75 Å². The molecule has 1 aromatic heterocycles. The number of nitrogens with zero attached hydrogens (tertiary/aromatic N) is 2. The molecule has 0 aliphatic rings. The Labute approximate surface area is 103 Å². The third kappa shape index (κ3) is 2.27. The second kappa shape index (κ2) is 4.70. The Hall–Kier alpha value is -1.29. The molecule has 1 aromatic carbocycles. The maximum atomic E-state index is 5.35. The van der Waals surface area contributed by atoms with Crippen molar-refractivity contribution in [2.24, 2.45) is 7.05 Å². The molecular formula is C12H13BrN2O. The molecule has 0 unspecified atom stereocenters. The van der Waals surface area contributed by atoms with Gasteiger partial charge in [0.2, 0.25) is 0 Å². The smallest absolute Gasteiger partial charge is 0.123 e. The van der Waals surface area contributed by atoms with Gasteiger partial charge < -0.3 is 9.30 Å². The van der Waals surface area contributed by atoms with Gasteiger partial charge in [0, 0.05) is 35.9 Å². The van der Waals surface area contributed by atoms with Gasteiger partial charge in [-0.25, -0.2) is 4.98 Å². The highest BCUT2D eigenvalue weighted by atomic mass is 79.9. The fraction of sp³-hybridized carbons (Fsp3) is 0.250. The van der Waals surface area contributed by atoms with Crippen molar-refractivity contribution in [2.45, 2.75) is 6.42 Å². The molecule has 84 valence electrons. The standard InChI is InChI=1S/C12H13BrN2O/c1-15-6-5-14-12(15)7-9-3-4-10(13)8-11(9)16-2/h3-6,8H,7H2,1-2H3. The minimum absolute atomic E-state index is 0.778. The molecular weight excluding hydrogens is 268 g/mol. The second-order valence-electron chi connectivity index (χ2n) is 3.59. The van der Waals surface area contributed by atoms with Crippen LogP contribution in [-0.2, 0) is 13.5 Å². The van der Waals surface area contributed by atoms with E-state index in [1.54, 1.807) is 13.3 Å². The van der Waals surface area contributed by atoms with Crippen molar-refractivity contribution in [2.75, 3.05) is 7.11 Å². The van der Waals surface area contributed by atoms with Gasteiger partial charge in [0.15, 0.2) is 0 Å². The maximum Gasteiger partial charge on any atom is 0.123 e. The van der Waals surface area contributed by atoms with Gasteiger partial charge in [0.25, 0.3) is 0 Å². The minimum atomic E-state index is 0.778. The lowest BCUT2D eigenvalue weighted by Crippen LogP contribution is -2.00. The predicted octanol–water partition coefficient (Wildman–Crippen LogP) is 2.78. The Bertz CT molecular complexity index is 494. The van der Waals surface area contributed by atoms with Crippen molar-refractivity contribution in [3.63, 3.8) is 0 Å². The van der Waals surface area contributed by atoms with Gasteiger partial charge in [0.05, 0.1) is 7.11 Å².